The Morgan fingerprint density at radius 2 is 2.00 bits per heavy atom. The van der Waals surface area contributed by atoms with Gasteiger partial charge in [0.1, 0.15) is 0 Å². The Morgan fingerprint density at radius 1 is 1.30 bits per heavy atom. The molecule has 0 N–H and O–H groups in total. The van der Waals surface area contributed by atoms with Crippen LogP contribution in [0.3, 0.4) is 0 Å². The smallest absolute Gasteiger partial charge is 0.0267 e. The SMILES string of the molecule is [2H]C(C)C1CC2CCC1CC2. The molecule has 2 unspecified atom stereocenters. The third-order valence-corrected chi connectivity index (χ3v) is 3.53. The van der Waals surface area contributed by atoms with Gasteiger partial charge in [-0.05, 0) is 37.0 Å². The molecular weight excluding hydrogens is 120 g/mol. The van der Waals surface area contributed by atoms with Crippen LogP contribution in [-0.2, 0) is 0 Å². The van der Waals surface area contributed by atoms with E-state index in [1.54, 1.807) is 0 Å². The van der Waals surface area contributed by atoms with Crippen molar-refractivity contribution in [1.29, 1.82) is 0 Å². The maximum atomic E-state index is 7.73. The Morgan fingerprint density at radius 3 is 2.30 bits per heavy atom. The minimum Gasteiger partial charge on any atom is -0.0651 e. The van der Waals surface area contributed by atoms with Gasteiger partial charge in [0.2, 0.25) is 0 Å². The van der Waals surface area contributed by atoms with Crippen molar-refractivity contribution in [3.63, 3.8) is 0 Å². The van der Waals surface area contributed by atoms with Gasteiger partial charge in [0.15, 0.2) is 0 Å². The summed E-state index contributed by atoms with van der Waals surface area (Å²) in [4.78, 5) is 0. The van der Waals surface area contributed by atoms with Gasteiger partial charge >= 0.3 is 0 Å². The van der Waals surface area contributed by atoms with Crippen LogP contribution in [0.2, 0.25) is 0 Å². The number of hydrogen-bond donors (Lipinski definition) is 0. The summed E-state index contributed by atoms with van der Waals surface area (Å²) < 4.78 is 7.73. The van der Waals surface area contributed by atoms with Crippen LogP contribution in [0.5, 0.6) is 0 Å². The highest BCUT2D eigenvalue weighted by Gasteiger charge is 2.33. The van der Waals surface area contributed by atoms with E-state index >= 15 is 0 Å². The average molecular weight is 139 g/mol. The van der Waals surface area contributed by atoms with E-state index in [9.17, 15) is 0 Å². The van der Waals surface area contributed by atoms with Crippen molar-refractivity contribution in [3.05, 3.63) is 0 Å². The standard InChI is InChI=1S/C10H18/c1-2-9-7-8-3-5-10(9)6-4-8/h8-10H,2-7H2,1H3/i2D. The maximum absolute atomic E-state index is 7.73. The van der Waals surface area contributed by atoms with E-state index in [1.165, 1.54) is 32.1 Å². The van der Waals surface area contributed by atoms with E-state index in [0.717, 1.165) is 17.8 Å². The highest BCUT2D eigenvalue weighted by Crippen LogP contribution is 2.45. The minimum absolute atomic E-state index is 0.197. The van der Waals surface area contributed by atoms with Crippen LogP contribution >= 0.6 is 0 Å². The van der Waals surface area contributed by atoms with E-state index in [2.05, 4.69) is 6.92 Å². The Bertz CT molecular complexity index is 134. The van der Waals surface area contributed by atoms with Crippen molar-refractivity contribution in [2.45, 2.75) is 45.4 Å². The molecule has 0 aromatic rings. The summed E-state index contributed by atoms with van der Waals surface area (Å²) in [6.45, 7) is 2.07. The van der Waals surface area contributed by atoms with E-state index in [0.29, 0.717) is 0 Å². The van der Waals surface area contributed by atoms with Gasteiger partial charge in [-0.1, -0.05) is 26.2 Å². The van der Waals surface area contributed by atoms with Gasteiger partial charge in [0.05, 0.1) is 0 Å². The van der Waals surface area contributed by atoms with E-state index in [1.807, 2.05) is 0 Å². The van der Waals surface area contributed by atoms with Crippen molar-refractivity contribution in [1.82, 2.24) is 0 Å². The van der Waals surface area contributed by atoms with E-state index in [-0.39, 0.29) is 6.40 Å². The van der Waals surface area contributed by atoms with Gasteiger partial charge < -0.3 is 0 Å². The van der Waals surface area contributed by atoms with Crippen LogP contribution in [-0.4, -0.2) is 0 Å². The second-order valence-electron chi connectivity index (χ2n) is 4.01. The Labute approximate surface area is 65.4 Å². The zero-order valence-corrected chi connectivity index (χ0v) is 6.84. The highest BCUT2D eigenvalue weighted by atomic mass is 14.4. The quantitative estimate of drug-likeness (QED) is 0.523. The van der Waals surface area contributed by atoms with Gasteiger partial charge in [-0.25, -0.2) is 0 Å². The summed E-state index contributed by atoms with van der Waals surface area (Å²) in [6, 6.07) is 0. The fourth-order valence-electron chi connectivity index (χ4n) is 2.84. The van der Waals surface area contributed by atoms with E-state index in [4.69, 9.17) is 1.37 Å². The first kappa shape index (κ1) is 5.62. The molecule has 3 saturated carbocycles. The molecule has 0 heteroatoms. The second kappa shape index (κ2) is 2.56. The number of fused-ring (bicyclic) bond motifs is 3. The Kier molecular flexibility index (Phi) is 1.44. The van der Waals surface area contributed by atoms with Crippen molar-refractivity contribution in [3.8, 4) is 0 Å². The summed E-state index contributed by atoms with van der Waals surface area (Å²) in [6.07, 6.45) is 7.36. The first-order valence-corrected chi connectivity index (χ1v) is 4.69. The lowest BCUT2D eigenvalue weighted by atomic mass is 9.64. The zero-order valence-electron chi connectivity index (χ0n) is 7.84. The van der Waals surface area contributed by atoms with Crippen molar-refractivity contribution >= 4 is 0 Å². The molecule has 2 bridgehead atoms. The predicted molar refractivity (Wildman–Crippen MR) is 43.8 cm³/mol. The lowest BCUT2D eigenvalue weighted by Gasteiger charge is -2.42. The molecule has 10 heavy (non-hydrogen) atoms. The fraction of sp³-hybridized carbons (Fsp3) is 1.00. The van der Waals surface area contributed by atoms with Crippen LogP contribution in [0.1, 0.15) is 46.8 Å². The number of hydrogen-bond acceptors (Lipinski definition) is 0. The van der Waals surface area contributed by atoms with Gasteiger partial charge in [-0.3, -0.25) is 0 Å². The Hall–Kier alpha value is 0. The molecule has 0 amide bonds. The second-order valence-corrected chi connectivity index (χ2v) is 4.01. The predicted octanol–water partition coefficient (Wildman–Crippen LogP) is 3.22. The molecule has 0 radical (unpaired) electrons. The van der Waals surface area contributed by atoms with Crippen LogP contribution in [0, 0.1) is 17.8 Å². The third-order valence-electron chi connectivity index (χ3n) is 3.53. The first-order chi connectivity index (χ1) is 5.27. The first-order valence-electron chi connectivity index (χ1n) is 5.27. The highest BCUT2D eigenvalue weighted by molar-refractivity contribution is 4.85. The normalized spacial score (nSPS) is 50.5. The van der Waals surface area contributed by atoms with Crippen LogP contribution in [0.25, 0.3) is 0 Å². The molecule has 2 atom stereocenters. The summed E-state index contributed by atoms with van der Waals surface area (Å²) in [5.74, 6) is 2.67. The molecule has 0 aromatic carbocycles. The van der Waals surface area contributed by atoms with Crippen molar-refractivity contribution < 1.29 is 1.37 Å². The number of rotatable bonds is 1. The molecule has 3 aliphatic carbocycles. The lowest BCUT2D eigenvalue weighted by Crippen LogP contribution is -2.30. The average Bonchev–Trinajstić information content (AvgIpc) is 2.06. The summed E-state index contributed by atoms with van der Waals surface area (Å²) in [5, 5.41) is 0. The van der Waals surface area contributed by atoms with Crippen molar-refractivity contribution in [2.24, 2.45) is 17.8 Å². The van der Waals surface area contributed by atoms with Gasteiger partial charge in [0.25, 0.3) is 0 Å². The van der Waals surface area contributed by atoms with Crippen LogP contribution in [0.4, 0.5) is 0 Å². The van der Waals surface area contributed by atoms with E-state index < -0.39 is 0 Å². The molecule has 3 aliphatic rings. The molecule has 0 saturated heterocycles. The van der Waals surface area contributed by atoms with Crippen LogP contribution in [0.15, 0.2) is 0 Å². The summed E-state index contributed by atoms with van der Waals surface area (Å²) in [7, 11) is 0. The monoisotopic (exact) mass is 139 g/mol. The molecule has 0 nitrogen and oxygen atoms in total. The minimum atomic E-state index is 0.197. The lowest BCUT2D eigenvalue weighted by molar-refractivity contribution is 0.0964. The zero-order chi connectivity index (χ0) is 7.84. The molecule has 3 fully saturated rings. The molecule has 0 aliphatic heterocycles. The Balaban J connectivity index is 2.03. The van der Waals surface area contributed by atoms with Gasteiger partial charge in [-0.2, -0.15) is 0 Å². The maximum Gasteiger partial charge on any atom is 0.0267 e. The van der Waals surface area contributed by atoms with Crippen LogP contribution < -0.4 is 0 Å². The molecule has 3 rings (SSSR count). The molecule has 0 aromatic heterocycles. The molecular formula is C10H18. The van der Waals surface area contributed by atoms with Gasteiger partial charge in [0, 0.05) is 1.37 Å². The molecule has 0 heterocycles. The topological polar surface area (TPSA) is 0 Å². The van der Waals surface area contributed by atoms with Crippen molar-refractivity contribution in [2.75, 3.05) is 0 Å². The summed E-state index contributed by atoms with van der Waals surface area (Å²) >= 11 is 0. The largest absolute Gasteiger partial charge is 0.0651 e. The summed E-state index contributed by atoms with van der Waals surface area (Å²) in [5.41, 5.74) is 0. The molecule has 0 spiro atoms. The van der Waals surface area contributed by atoms with Gasteiger partial charge in [-0.15, -0.1) is 0 Å². The fourth-order valence-corrected chi connectivity index (χ4v) is 2.84. The molecule has 58 valence electrons. The third kappa shape index (κ3) is 0.980.